The van der Waals surface area contributed by atoms with Gasteiger partial charge in [-0.1, -0.05) is 18.2 Å². The van der Waals surface area contributed by atoms with E-state index < -0.39 is 30.1 Å². The summed E-state index contributed by atoms with van der Waals surface area (Å²) in [5.74, 6) is -2.56. The van der Waals surface area contributed by atoms with Gasteiger partial charge in [0, 0.05) is 12.6 Å². The van der Waals surface area contributed by atoms with E-state index in [0.717, 1.165) is 23.4 Å². The second-order valence-corrected chi connectivity index (χ2v) is 5.15. The van der Waals surface area contributed by atoms with Crippen molar-refractivity contribution < 1.29 is 27.8 Å². The van der Waals surface area contributed by atoms with Crippen molar-refractivity contribution in [3.05, 3.63) is 65.2 Å². The van der Waals surface area contributed by atoms with Crippen LogP contribution >= 0.6 is 0 Å². The van der Waals surface area contributed by atoms with E-state index >= 15 is 0 Å². The molecule has 0 unspecified atom stereocenters. The number of nitrogens with one attached hydrogen (secondary N) is 1. The number of benzene rings is 2. The second kappa shape index (κ2) is 8.77. The molecule has 0 aliphatic carbocycles. The average molecular weight is 349 g/mol. The van der Waals surface area contributed by atoms with Crippen LogP contribution in [-0.2, 0) is 16.0 Å². The highest BCUT2D eigenvalue weighted by Crippen LogP contribution is 2.17. The largest absolute Gasteiger partial charge is 0.496 e. The van der Waals surface area contributed by atoms with E-state index in [-0.39, 0.29) is 5.56 Å². The molecule has 132 valence electrons. The highest BCUT2D eigenvalue weighted by atomic mass is 19.1. The zero-order chi connectivity index (χ0) is 18.2. The smallest absolute Gasteiger partial charge is 0.338 e. The van der Waals surface area contributed by atoms with Crippen molar-refractivity contribution in [3.8, 4) is 5.75 Å². The molecule has 0 aliphatic heterocycles. The number of hydrogen-bond acceptors (Lipinski definition) is 4. The lowest BCUT2D eigenvalue weighted by atomic mass is 10.1. The van der Waals surface area contributed by atoms with Gasteiger partial charge in [0.05, 0.1) is 12.7 Å². The predicted octanol–water partition coefficient (Wildman–Crippen LogP) is 2.49. The normalized spacial score (nSPS) is 10.2. The van der Waals surface area contributed by atoms with Crippen LogP contribution in [0.4, 0.5) is 8.78 Å². The van der Waals surface area contributed by atoms with Gasteiger partial charge in [-0.15, -0.1) is 0 Å². The minimum atomic E-state index is -0.974. The molecule has 0 saturated carbocycles. The molecule has 0 saturated heterocycles. The first-order valence-electron chi connectivity index (χ1n) is 7.51. The molecule has 0 spiro atoms. The van der Waals surface area contributed by atoms with Gasteiger partial charge >= 0.3 is 5.97 Å². The number of methoxy groups -OCH3 is 1. The minimum Gasteiger partial charge on any atom is -0.496 e. The third-order valence-corrected chi connectivity index (χ3v) is 3.34. The number of carbonyl (C=O) groups excluding carboxylic acids is 2. The first-order chi connectivity index (χ1) is 12.0. The lowest BCUT2D eigenvalue weighted by Gasteiger charge is -2.09. The first kappa shape index (κ1) is 18.4. The Morgan fingerprint density at radius 1 is 1.08 bits per heavy atom. The molecule has 0 atom stereocenters. The predicted molar refractivity (Wildman–Crippen MR) is 86.3 cm³/mol. The van der Waals surface area contributed by atoms with E-state index in [2.05, 4.69) is 5.32 Å². The monoisotopic (exact) mass is 349 g/mol. The highest BCUT2D eigenvalue weighted by molar-refractivity contribution is 5.91. The minimum absolute atomic E-state index is 0.292. The summed E-state index contributed by atoms with van der Waals surface area (Å²) in [7, 11) is 1.56. The summed E-state index contributed by atoms with van der Waals surface area (Å²) >= 11 is 0. The Labute approximate surface area is 143 Å². The third kappa shape index (κ3) is 5.56. The number of rotatable bonds is 7. The fourth-order valence-corrected chi connectivity index (χ4v) is 2.18. The van der Waals surface area contributed by atoms with Crippen LogP contribution in [0.5, 0.6) is 5.75 Å². The lowest BCUT2D eigenvalue weighted by molar-refractivity contribution is -0.124. The molecule has 25 heavy (non-hydrogen) atoms. The quantitative estimate of drug-likeness (QED) is 0.780. The van der Waals surface area contributed by atoms with Gasteiger partial charge in [0.25, 0.3) is 5.91 Å². The van der Waals surface area contributed by atoms with Crippen LogP contribution < -0.4 is 10.1 Å². The van der Waals surface area contributed by atoms with Crippen LogP contribution in [0.15, 0.2) is 42.5 Å². The zero-order valence-corrected chi connectivity index (χ0v) is 13.6. The van der Waals surface area contributed by atoms with Crippen molar-refractivity contribution in [2.24, 2.45) is 0 Å². The molecular weight excluding hydrogens is 332 g/mol. The number of ether oxygens (including phenoxy) is 2. The molecule has 2 rings (SSSR count). The molecule has 7 heteroatoms. The van der Waals surface area contributed by atoms with Gasteiger partial charge in [-0.3, -0.25) is 4.79 Å². The molecule has 2 aromatic carbocycles. The summed E-state index contributed by atoms with van der Waals surface area (Å²) in [5, 5.41) is 2.59. The fraction of sp³-hybridized carbons (Fsp3) is 0.222. The number of amides is 1. The number of halogens is 2. The van der Waals surface area contributed by atoms with Crippen molar-refractivity contribution in [1.82, 2.24) is 5.32 Å². The maximum atomic E-state index is 13.0. The van der Waals surface area contributed by atoms with Crippen LogP contribution in [0.1, 0.15) is 15.9 Å². The van der Waals surface area contributed by atoms with Crippen molar-refractivity contribution >= 4 is 11.9 Å². The van der Waals surface area contributed by atoms with Gasteiger partial charge in [0.1, 0.15) is 17.4 Å². The van der Waals surface area contributed by atoms with E-state index in [0.29, 0.717) is 19.0 Å². The van der Waals surface area contributed by atoms with Gasteiger partial charge in [0.15, 0.2) is 6.61 Å². The molecular formula is C18H17F2NO4. The molecule has 0 fully saturated rings. The molecule has 2 aromatic rings. The zero-order valence-electron chi connectivity index (χ0n) is 13.6. The Hall–Kier alpha value is -2.96. The van der Waals surface area contributed by atoms with Crippen LogP contribution in [0, 0.1) is 11.6 Å². The van der Waals surface area contributed by atoms with Gasteiger partial charge < -0.3 is 14.8 Å². The molecule has 0 radical (unpaired) electrons. The van der Waals surface area contributed by atoms with Gasteiger partial charge in [-0.25, -0.2) is 13.6 Å². The van der Waals surface area contributed by atoms with Crippen LogP contribution in [0.3, 0.4) is 0 Å². The Kier molecular flexibility index (Phi) is 6.45. The summed E-state index contributed by atoms with van der Waals surface area (Å²) in [5.41, 5.74) is 0.636. The first-order valence-corrected chi connectivity index (χ1v) is 7.51. The van der Waals surface area contributed by atoms with Gasteiger partial charge in [-0.05, 0) is 30.2 Å². The number of hydrogen-bond donors (Lipinski definition) is 1. The molecule has 0 aliphatic rings. The average Bonchev–Trinajstić information content (AvgIpc) is 2.59. The molecule has 0 bridgehead atoms. The second-order valence-electron chi connectivity index (χ2n) is 5.15. The Balaban J connectivity index is 1.78. The lowest BCUT2D eigenvalue weighted by Crippen LogP contribution is -2.30. The molecule has 5 nitrogen and oxygen atoms in total. The number of carbonyl (C=O) groups is 2. The van der Waals surface area contributed by atoms with Crippen LogP contribution in [-0.4, -0.2) is 32.1 Å². The Bertz CT molecular complexity index is 744. The van der Waals surface area contributed by atoms with E-state index in [1.54, 1.807) is 7.11 Å². The molecule has 1 N–H and O–H groups in total. The summed E-state index contributed by atoms with van der Waals surface area (Å²) in [6.07, 6.45) is 0.540. The molecule has 0 aromatic heterocycles. The number of esters is 1. The number of para-hydroxylation sites is 1. The van der Waals surface area contributed by atoms with E-state index in [4.69, 9.17) is 9.47 Å². The summed E-state index contributed by atoms with van der Waals surface area (Å²) in [4.78, 5) is 23.4. The molecule has 0 heterocycles. The highest BCUT2D eigenvalue weighted by Gasteiger charge is 2.12. The standard InChI is InChI=1S/C18H17F2NO4/c1-24-16-5-3-2-4-12(16)6-7-21-17(22)11-25-18(23)13-8-14(19)10-15(20)9-13/h2-5,8-10H,6-7,11H2,1H3,(H,21,22). The van der Waals surface area contributed by atoms with Gasteiger partial charge in [-0.2, -0.15) is 0 Å². The third-order valence-electron chi connectivity index (χ3n) is 3.34. The maximum absolute atomic E-state index is 13.0. The topological polar surface area (TPSA) is 64.6 Å². The van der Waals surface area contributed by atoms with Crippen molar-refractivity contribution in [3.63, 3.8) is 0 Å². The van der Waals surface area contributed by atoms with Crippen LogP contribution in [0.2, 0.25) is 0 Å². The van der Waals surface area contributed by atoms with Crippen molar-refractivity contribution in [2.45, 2.75) is 6.42 Å². The summed E-state index contributed by atoms with van der Waals surface area (Å²) in [6, 6.07) is 9.72. The molecule has 1 amide bonds. The summed E-state index contributed by atoms with van der Waals surface area (Å²) < 4.78 is 36.0. The van der Waals surface area contributed by atoms with Crippen LogP contribution in [0.25, 0.3) is 0 Å². The Morgan fingerprint density at radius 2 is 1.76 bits per heavy atom. The van der Waals surface area contributed by atoms with Crippen molar-refractivity contribution in [2.75, 3.05) is 20.3 Å². The van der Waals surface area contributed by atoms with Crippen molar-refractivity contribution in [1.29, 1.82) is 0 Å². The van der Waals surface area contributed by atoms with E-state index in [9.17, 15) is 18.4 Å². The van der Waals surface area contributed by atoms with E-state index in [1.807, 2.05) is 24.3 Å². The Morgan fingerprint density at radius 3 is 2.44 bits per heavy atom. The summed E-state index contributed by atoms with van der Waals surface area (Å²) in [6.45, 7) is -0.214. The fourth-order valence-electron chi connectivity index (χ4n) is 2.18. The maximum Gasteiger partial charge on any atom is 0.338 e. The van der Waals surface area contributed by atoms with Gasteiger partial charge in [0.2, 0.25) is 0 Å². The SMILES string of the molecule is COc1ccccc1CCNC(=O)COC(=O)c1cc(F)cc(F)c1. The van der Waals surface area contributed by atoms with E-state index in [1.165, 1.54) is 0 Å².